The molecule has 2 rings (SSSR count). The minimum Gasteiger partial charge on any atom is -0.352 e. The molecular weight excluding hydrogens is 265 g/mol. The number of benzene rings is 2. The van der Waals surface area contributed by atoms with Crippen LogP contribution in [0.2, 0.25) is 5.02 Å². The van der Waals surface area contributed by atoms with E-state index in [2.05, 4.69) is 5.32 Å². The van der Waals surface area contributed by atoms with Gasteiger partial charge >= 0.3 is 0 Å². The van der Waals surface area contributed by atoms with Gasteiger partial charge in [0.2, 0.25) is 0 Å². The number of carbonyl (C=O) groups excluding carboxylic acids is 1. The molecule has 2 aromatic rings. The van der Waals surface area contributed by atoms with E-state index in [0.29, 0.717) is 23.6 Å². The Bertz CT molecular complexity index is 569. The highest BCUT2D eigenvalue weighted by atomic mass is 35.5. The third kappa shape index (κ3) is 4.07. The maximum atomic E-state index is 13.0. The van der Waals surface area contributed by atoms with Crippen molar-refractivity contribution in [2.24, 2.45) is 0 Å². The normalized spacial score (nSPS) is 10.2. The number of hydrogen-bond acceptors (Lipinski definition) is 1. The second-order valence-electron chi connectivity index (χ2n) is 4.14. The summed E-state index contributed by atoms with van der Waals surface area (Å²) in [6.07, 6.45) is 0.707. The zero-order chi connectivity index (χ0) is 13.7. The predicted molar refractivity (Wildman–Crippen MR) is 73.9 cm³/mol. The van der Waals surface area contributed by atoms with Gasteiger partial charge in [-0.2, -0.15) is 0 Å². The Balaban J connectivity index is 1.86. The topological polar surface area (TPSA) is 29.1 Å². The van der Waals surface area contributed by atoms with E-state index in [1.54, 1.807) is 6.07 Å². The van der Waals surface area contributed by atoms with Crippen molar-refractivity contribution < 1.29 is 9.18 Å². The third-order valence-electron chi connectivity index (χ3n) is 2.70. The second-order valence-corrected chi connectivity index (χ2v) is 4.58. The average molecular weight is 278 g/mol. The summed E-state index contributed by atoms with van der Waals surface area (Å²) in [5, 5.41) is 3.44. The molecule has 98 valence electrons. The van der Waals surface area contributed by atoms with Gasteiger partial charge in [-0.15, -0.1) is 0 Å². The number of amides is 1. The summed E-state index contributed by atoms with van der Waals surface area (Å²) in [4.78, 5) is 11.7. The van der Waals surface area contributed by atoms with E-state index in [-0.39, 0.29) is 5.91 Å². The standard InChI is InChI=1S/C15H13ClFNO/c16-13-6-4-11(5-7-13)8-9-18-15(19)12-2-1-3-14(17)10-12/h1-7,10H,8-9H2,(H,18,19). The van der Waals surface area contributed by atoms with Crippen LogP contribution in [0.1, 0.15) is 15.9 Å². The Kier molecular flexibility index (Phi) is 4.53. The number of rotatable bonds is 4. The largest absolute Gasteiger partial charge is 0.352 e. The molecule has 2 aromatic carbocycles. The van der Waals surface area contributed by atoms with Gasteiger partial charge in [0.1, 0.15) is 5.82 Å². The molecule has 4 heteroatoms. The first-order chi connectivity index (χ1) is 9.15. The summed E-state index contributed by atoms with van der Waals surface area (Å²) < 4.78 is 13.0. The molecule has 0 atom stereocenters. The molecule has 0 aromatic heterocycles. The Morgan fingerprint density at radius 1 is 1.16 bits per heavy atom. The van der Waals surface area contributed by atoms with E-state index in [1.807, 2.05) is 24.3 Å². The van der Waals surface area contributed by atoms with E-state index in [1.165, 1.54) is 18.2 Å². The van der Waals surface area contributed by atoms with E-state index in [0.717, 1.165) is 5.56 Å². The highest BCUT2D eigenvalue weighted by Gasteiger charge is 2.05. The van der Waals surface area contributed by atoms with Crippen LogP contribution in [-0.4, -0.2) is 12.5 Å². The molecule has 0 fully saturated rings. The van der Waals surface area contributed by atoms with Crippen LogP contribution < -0.4 is 5.32 Å². The lowest BCUT2D eigenvalue weighted by Gasteiger charge is -2.05. The van der Waals surface area contributed by atoms with Gasteiger partial charge in [0.05, 0.1) is 0 Å². The summed E-state index contributed by atoms with van der Waals surface area (Å²) in [6.45, 7) is 0.497. The van der Waals surface area contributed by atoms with Crippen LogP contribution in [0.25, 0.3) is 0 Å². The van der Waals surface area contributed by atoms with Crippen LogP contribution in [0.5, 0.6) is 0 Å². The molecule has 0 radical (unpaired) electrons. The molecule has 0 bridgehead atoms. The number of halogens is 2. The number of hydrogen-bond donors (Lipinski definition) is 1. The van der Waals surface area contributed by atoms with Gasteiger partial charge in [-0.25, -0.2) is 4.39 Å². The van der Waals surface area contributed by atoms with Crippen molar-refractivity contribution in [3.8, 4) is 0 Å². The molecule has 0 saturated carbocycles. The number of nitrogens with one attached hydrogen (secondary N) is 1. The van der Waals surface area contributed by atoms with Gasteiger partial charge in [0.25, 0.3) is 5.91 Å². The Labute approximate surface area is 116 Å². The van der Waals surface area contributed by atoms with E-state index in [4.69, 9.17) is 11.6 Å². The Morgan fingerprint density at radius 3 is 2.58 bits per heavy atom. The molecule has 1 amide bonds. The molecule has 0 unspecified atom stereocenters. The summed E-state index contributed by atoms with van der Waals surface area (Å²) in [7, 11) is 0. The molecule has 0 aliphatic carbocycles. The molecule has 0 aliphatic heterocycles. The fourth-order valence-corrected chi connectivity index (χ4v) is 1.83. The second kappa shape index (κ2) is 6.34. The van der Waals surface area contributed by atoms with Crippen LogP contribution in [0, 0.1) is 5.82 Å². The molecule has 19 heavy (non-hydrogen) atoms. The summed E-state index contributed by atoms with van der Waals surface area (Å²) in [6, 6.07) is 13.1. The minimum absolute atomic E-state index is 0.270. The molecule has 0 aliphatic rings. The lowest BCUT2D eigenvalue weighted by atomic mass is 10.1. The molecule has 2 nitrogen and oxygen atoms in total. The Hall–Kier alpha value is -1.87. The smallest absolute Gasteiger partial charge is 0.251 e. The maximum absolute atomic E-state index is 13.0. The van der Waals surface area contributed by atoms with Gasteiger partial charge in [0.15, 0.2) is 0 Å². The monoisotopic (exact) mass is 277 g/mol. The van der Waals surface area contributed by atoms with Crippen molar-refractivity contribution in [2.75, 3.05) is 6.54 Å². The van der Waals surface area contributed by atoms with Gasteiger partial charge in [-0.1, -0.05) is 29.8 Å². The molecular formula is C15H13ClFNO. The average Bonchev–Trinajstić information content (AvgIpc) is 2.41. The highest BCUT2D eigenvalue weighted by molar-refractivity contribution is 6.30. The highest BCUT2D eigenvalue weighted by Crippen LogP contribution is 2.09. The van der Waals surface area contributed by atoms with Crippen LogP contribution in [0.3, 0.4) is 0 Å². The zero-order valence-corrected chi connectivity index (χ0v) is 11.0. The first-order valence-corrected chi connectivity index (χ1v) is 6.31. The van der Waals surface area contributed by atoms with Crippen molar-refractivity contribution in [2.45, 2.75) is 6.42 Å². The van der Waals surface area contributed by atoms with E-state index in [9.17, 15) is 9.18 Å². The van der Waals surface area contributed by atoms with Crippen LogP contribution in [0.4, 0.5) is 4.39 Å². The predicted octanol–water partition coefficient (Wildman–Crippen LogP) is 3.45. The molecule has 0 heterocycles. The van der Waals surface area contributed by atoms with Crippen molar-refractivity contribution in [3.63, 3.8) is 0 Å². The fraction of sp³-hybridized carbons (Fsp3) is 0.133. The van der Waals surface area contributed by atoms with E-state index < -0.39 is 5.82 Å². The molecule has 1 N–H and O–H groups in total. The van der Waals surface area contributed by atoms with Gasteiger partial charge in [-0.3, -0.25) is 4.79 Å². The van der Waals surface area contributed by atoms with Crippen LogP contribution in [0.15, 0.2) is 48.5 Å². The molecule has 0 spiro atoms. The first kappa shape index (κ1) is 13.6. The van der Waals surface area contributed by atoms with Crippen LogP contribution >= 0.6 is 11.6 Å². The van der Waals surface area contributed by atoms with Crippen molar-refractivity contribution in [1.29, 1.82) is 0 Å². The zero-order valence-electron chi connectivity index (χ0n) is 10.2. The van der Waals surface area contributed by atoms with Gasteiger partial charge in [0, 0.05) is 17.1 Å². The van der Waals surface area contributed by atoms with Gasteiger partial charge in [-0.05, 0) is 42.3 Å². The SMILES string of the molecule is O=C(NCCc1ccc(Cl)cc1)c1cccc(F)c1. The van der Waals surface area contributed by atoms with E-state index >= 15 is 0 Å². The summed E-state index contributed by atoms with van der Waals surface area (Å²) in [5.41, 5.74) is 1.42. The quantitative estimate of drug-likeness (QED) is 0.911. The van der Waals surface area contributed by atoms with Gasteiger partial charge < -0.3 is 5.32 Å². The lowest BCUT2D eigenvalue weighted by Crippen LogP contribution is -2.25. The first-order valence-electron chi connectivity index (χ1n) is 5.93. The van der Waals surface area contributed by atoms with Crippen molar-refractivity contribution in [1.82, 2.24) is 5.32 Å². The molecule has 0 saturated heterocycles. The minimum atomic E-state index is -0.412. The number of carbonyl (C=O) groups is 1. The lowest BCUT2D eigenvalue weighted by molar-refractivity contribution is 0.0953. The van der Waals surface area contributed by atoms with Crippen LogP contribution in [-0.2, 0) is 6.42 Å². The maximum Gasteiger partial charge on any atom is 0.251 e. The van der Waals surface area contributed by atoms with Crippen molar-refractivity contribution in [3.05, 3.63) is 70.5 Å². The third-order valence-corrected chi connectivity index (χ3v) is 2.95. The fourth-order valence-electron chi connectivity index (χ4n) is 1.70. The van der Waals surface area contributed by atoms with Crippen molar-refractivity contribution >= 4 is 17.5 Å². The summed E-state index contributed by atoms with van der Waals surface area (Å²) in [5.74, 6) is -0.682. The summed E-state index contributed by atoms with van der Waals surface area (Å²) >= 11 is 5.79. The Morgan fingerprint density at radius 2 is 1.89 bits per heavy atom.